The predicted octanol–water partition coefficient (Wildman–Crippen LogP) is 3.64. The Morgan fingerprint density at radius 2 is 2.04 bits per heavy atom. The number of benzene rings is 1. The molecule has 25 heavy (non-hydrogen) atoms. The maximum absolute atomic E-state index is 11.9. The minimum atomic E-state index is -0.143. The van der Waals surface area contributed by atoms with Gasteiger partial charge in [-0.15, -0.1) is 0 Å². The van der Waals surface area contributed by atoms with Gasteiger partial charge in [-0.3, -0.25) is 0 Å². The molecular weight excluding hydrogens is 332 g/mol. The SMILES string of the molecule is CC(Cc1ccsc1)NC(=O)NCCNc1ccc2ccccc2n1. The number of hydrogen-bond donors (Lipinski definition) is 3. The molecule has 5 nitrogen and oxygen atoms in total. The van der Waals surface area contributed by atoms with Gasteiger partial charge >= 0.3 is 6.03 Å². The highest BCUT2D eigenvalue weighted by Gasteiger charge is 2.07. The zero-order chi connectivity index (χ0) is 17.5. The molecule has 0 bridgehead atoms. The molecule has 1 unspecified atom stereocenters. The molecular formula is C19H22N4OS. The normalized spacial score (nSPS) is 11.9. The lowest BCUT2D eigenvalue weighted by atomic mass is 10.1. The molecule has 130 valence electrons. The Balaban J connectivity index is 1.37. The number of urea groups is 1. The van der Waals surface area contributed by atoms with Crippen molar-refractivity contribution in [2.24, 2.45) is 0 Å². The Morgan fingerprint density at radius 1 is 1.16 bits per heavy atom. The maximum atomic E-state index is 11.9. The van der Waals surface area contributed by atoms with Crippen molar-refractivity contribution in [1.29, 1.82) is 0 Å². The summed E-state index contributed by atoms with van der Waals surface area (Å²) in [5.74, 6) is 0.812. The van der Waals surface area contributed by atoms with Gasteiger partial charge in [-0.2, -0.15) is 11.3 Å². The van der Waals surface area contributed by atoms with Gasteiger partial charge in [0, 0.05) is 24.5 Å². The fourth-order valence-corrected chi connectivity index (χ4v) is 3.30. The van der Waals surface area contributed by atoms with Crippen LogP contribution in [0.1, 0.15) is 12.5 Å². The van der Waals surface area contributed by atoms with Crippen molar-refractivity contribution >= 4 is 34.1 Å². The average Bonchev–Trinajstić information content (AvgIpc) is 3.11. The van der Waals surface area contributed by atoms with Crippen LogP contribution in [0.2, 0.25) is 0 Å². The number of nitrogens with one attached hydrogen (secondary N) is 3. The standard InChI is InChI=1S/C19H22N4OS/c1-14(12-15-8-11-25-13-15)22-19(24)21-10-9-20-18-7-6-16-4-2-3-5-17(16)23-18/h2-8,11,13-14H,9-10,12H2,1H3,(H,20,23)(H2,21,22,24). The van der Waals surface area contributed by atoms with Crippen LogP contribution in [0.5, 0.6) is 0 Å². The van der Waals surface area contributed by atoms with Gasteiger partial charge in [-0.05, 0) is 53.9 Å². The van der Waals surface area contributed by atoms with Crippen LogP contribution in [0, 0.1) is 0 Å². The molecule has 3 N–H and O–H groups in total. The summed E-state index contributed by atoms with van der Waals surface area (Å²) < 4.78 is 0. The summed E-state index contributed by atoms with van der Waals surface area (Å²) in [6, 6.07) is 14.0. The first-order valence-electron chi connectivity index (χ1n) is 8.36. The van der Waals surface area contributed by atoms with E-state index < -0.39 is 0 Å². The van der Waals surface area contributed by atoms with Gasteiger partial charge in [0.15, 0.2) is 0 Å². The van der Waals surface area contributed by atoms with Crippen LogP contribution in [0.4, 0.5) is 10.6 Å². The van der Waals surface area contributed by atoms with E-state index in [1.807, 2.05) is 43.3 Å². The number of pyridine rings is 1. The number of amides is 2. The number of fused-ring (bicyclic) bond motifs is 1. The van der Waals surface area contributed by atoms with E-state index in [-0.39, 0.29) is 12.1 Å². The summed E-state index contributed by atoms with van der Waals surface area (Å²) in [7, 11) is 0. The van der Waals surface area contributed by atoms with E-state index in [9.17, 15) is 4.79 Å². The molecule has 0 saturated heterocycles. The minimum absolute atomic E-state index is 0.102. The third-order valence-electron chi connectivity index (χ3n) is 3.81. The lowest BCUT2D eigenvalue weighted by Gasteiger charge is -2.14. The zero-order valence-corrected chi connectivity index (χ0v) is 15.0. The molecule has 3 aromatic rings. The number of para-hydroxylation sites is 1. The van der Waals surface area contributed by atoms with Crippen LogP contribution < -0.4 is 16.0 Å². The summed E-state index contributed by atoms with van der Waals surface area (Å²) >= 11 is 1.67. The third kappa shape index (κ3) is 5.19. The van der Waals surface area contributed by atoms with Crippen molar-refractivity contribution in [2.75, 3.05) is 18.4 Å². The smallest absolute Gasteiger partial charge is 0.315 e. The Labute approximate surface area is 151 Å². The van der Waals surface area contributed by atoms with Crippen molar-refractivity contribution in [2.45, 2.75) is 19.4 Å². The molecule has 3 rings (SSSR count). The Hall–Kier alpha value is -2.60. The van der Waals surface area contributed by atoms with Crippen LogP contribution in [0.3, 0.4) is 0 Å². The largest absolute Gasteiger partial charge is 0.368 e. The molecule has 0 aliphatic heterocycles. The van der Waals surface area contributed by atoms with Gasteiger partial charge in [0.25, 0.3) is 0 Å². The van der Waals surface area contributed by atoms with Crippen LogP contribution >= 0.6 is 11.3 Å². The number of thiophene rings is 1. The highest BCUT2D eigenvalue weighted by atomic mass is 32.1. The fraction of sp³-hybridized carbons (Fsp3) is 0.263. The molecule has 2 heterocycles. The molecule has 0 aliphatic carbocycles. The number of rotatable bonds is 7. The topological polar surface area (TPSA) is 66.1 Å². The van der Waals surface area contributed by atoms with Gasteiger partial charge in [-0.1, -0.05) is 18.2 Å². The van der Waals surface area contributed by atoms with Crippen molar-refractivity contribution < 1.29 is 4.79 Å². The van der Waals surface area contributed by atoms with Crippen LogP contribution in [-0.2, 0) is 6.42 Å². The molecule has 6 heteroatoms. The summed E-state index contributed by atoms with van der Waals surface area (Å²) in [6.07, 6.45) is 0.843. The molecule has 2 amide bonds. The number of carbonyl (C=O) groups excluding carboxylic acids is 1. The molecule has 1 aromatic carbocycles. The second kappa shape index (κ2) is 8.48. The summed E-state index contributed by atoms with van der Waals surface area (Å²) in [5.41, 5.74) is 2.21. The molecule has 2 aromatic heterocycles. The van der Waals surface area contributed by atoms with E-state index in [0.29, 0.717) is 13.1 Å². The molecule has 0 radical (unpaired) electrons. The highest BCUT2D eigenvalue weighted by molar-refractivity contribution is 7.07. The van der Waals surface area contributed by atoms with E-state index in [0.717, 1.165) is 23.1 Å². The number of carbonyl (C=O) groups is 1. The van der Waals surface area contributed by atoms with Gasteiger partial charge in [0.05, 0.1) is 5.52 Å². The van der Waals surface area contributed by atoms with Crippen LogP contribution in [0.25, 0.3) is 10.9 Å². The first-order chi connectivity index (χ1) is 12.2. The summed E-state index contributed by atoms with van der Waals surface area (Å²) in [4.78, 5) is 16.4. The lowest BCUT2D eigenvalue weighted by molar-refractivity contribution is 0.238. The summed E-state index contributed by atoms with van der Waals surface area (Å²) in [5, 5.41) is 14.3. The molecule has 1 atom stereocenters. The van der Waals surface area contributed by atoms with Gasteiger partial charge < -0.3 is 16.0 Å². The number of anilines is 1. The number of hydrogen-bond acceptors (Lipinski definition) is 4. The first kappa shape index (κ1) is 17.2. The zero-order valence-electron chi connectivity index (χ0n) is 14.2. The Kier molecular flexibility index (Phi) is 5.85. The monoisotopic (exact) mass is 354 g/mol. The minimum Gasteiger partial charge on any atom is -0.368 e. The number of aromatic nitrogens is 1. The van der Waals surface area contributed by atoms with E-state index in [1.54, 1.807) is 11.3 Å². The van der Waals surface area contributed by atoms with Crippen molar-refractivity contribution in [1.82, 2.24) is 15.6 Å². The Bertz CT molecular complexity index is 819. The van der Waals surface area contributed by atoms with Crippen molar-refractivity contribution in [3.05, 3.63) is 58.8 Å². The third-order valence-corrected chi connectivity index (χ3v) is 4.55. The van der Waals surface area contributed by atoms with E-state index in [1.165, 1.54) is 5.56 Å². The Morgan fingerprint density at radius 3 is 2.88 bits per heavy atom. The van der Waals surface area contributed by atoms with Crippen LogP contribution in [-0.4, -0.2) is 30.1 Å². The lowest BCUT2D eigenvalue weighted by Crippen LogP contribution is -2.43. The van der Waals surface area contributed by atoms with Crippen LogP contribution in [0.15, 0.2) is 53.2 Å². The second-order valence-corrected chi connectivity index (χ2v) is 6.73. The van der Waals surface area contributed by atoms with E-state index in [2.05, 4.69) is 37.8 Å². The predicted molar refractivity (Wildman–Crippen MR) is 104 cm³/mol. The summed E-state index contributed by atoms with van der Waals surface area (Å²) in [6.45, 7) is 3.16. The second-order valence-electron chi connectivity index (χ2n) is 5.95. The molecule has 0 aliphatic rings. The number of nitrogens with zero attached hydrogens (tertiary/aromatic N) is 1. The van der Waals surface area contributed by atoms with Crippen molar-refractivity contribution in [3.8, 4) is 0 Å². The molecule has 0 spiro atoms. The van der Waals surface area contributed by atoms with E-state index in [4.69, 9.17) is 0 Å². The quantitative estimate of drug-likeness (QED) is 0.568. The van der Waals surface area contributed by atoms with Gasteiger partial charge in [-0.25, -0.2) is 9.78 Å². The van der Waals surface area contributed by atoms with Gasteiger partial charge in [0.1, 0.15) is 5.82 Å². The fourth-order valence-electron chi connectivity index (χ4n) is 2.62. The molecule has 0 fully saturated rings. The molecule has 0 saturated carbocycles. The van der Waals surface area contributed by atoms with Crippen molar-refractivity contribution in [3.63, 3.8) is 0 Å². The average molecular weight is 354 g/mol. The first-order valence-corrected chi connectivity index (χ1v) is 9.30. The highest BCUT2D eigenvalue weighted by Crippen LogP contribution is 2.14. The maximum Gasteiger partial charge on any atom is 0.315 e. The van der Waals surface area contributed by atoms with Gasteiger partial charge in [0.2, 0.25) is 0 Å². The van der Waals surface area contributed by atoms with E-state index >= 15 is 0 Å².